The van der Waals surface area contributed by atoms with E-state index in [2.05, 4.69) is 18.3 Å². The molecule has 1 aliphatic rings. The fourth-order valence-electron chi connectivity index (χ4n) is 2.63. The maximum atomic E-state index is 6.26. The van der Waals surface area contributed by atoms with Crippen LogP contribution in [0.5, 0.6) is 0 Å². The van der Waals surface area contributed by atoms with Crippen molar-refractivity contribution in [2.24, 2.45) is 5.92 Å². The number of hydrogen-bond donors (Lipinski definition) is 1. The molecule has 1 atom stereocenters. The molecule has 0 radical (unpaired) electrons. The molecule has 1 saturated carbocycles. The molecule has 1 unspecified atom stereocenters. The summed E-state index contributed by atoms with van der Waals surface area (Å²) in [5.41, 5.74) is 1.16. The molecule has 0 saturated heterocycles. The van der Waals surface area contributed by atoms with Gasteiger partial charge >= 0.3 is 0 Å². The summed E-state index contributed by atoms with van der Waals surface area (Å²) in [5.74, 6) is 0.909. The maximum Gasteiger partial charge on any atom is 0.0624 e. The first-order valence-corrected chi connectivity index (χ1v) is 7.62. The molecule has 0 aliphatic heterocycles. The van der Waals surface area contributed by atoms with Crippen molar-refractivity contribution in [2.75, 3.05) is 6.54 Å². The minimum atomic E-state index is 0.524. The van der Waals surface area contributed by atoms with Crippen LogP contribution in [0.1, 0.15) is 38.2 Å². The van der Waals surface area contributed by atoms with Crippen molar-refractivity contribution in [3.05, 3.63) is 33.8 Å². The van der Waals surface area contributed by atoms with Crippen LogP contribution in [0.4, 0.5) is 0 Å². The van der Waals surface area contributed by atoms with Crippen LogP contribution in [-0.4, -0.2) is 12.6 Å². The normalized spacial score (nSPS) is 17.5. The van der Waals surface area contributed by atoms with Crippen molar-refractivity contribution >= 4 is 23.2 Å². The summed E-state index contributed by atoms with van der Waals surface area (Å²) < 4.78 is 0. The van der Waals surface area contributed by atoms with Crippen LogP contribution in [0.3, 0.4) is 0 Å². The smallest absolute Gasteiger partial charge is 0.0624 e. The van der Waals surface area contributed by atoms with Gasteiger partial charge in [0.1, 0.15) is 0 Å². The van der Waals surface area contributed by atoms with Gasteiger partial charge in [-0.1, -0.05) is 61.5 Å². The van der Waals surface area contributed by atoms with Crippen molar-refractivity contribution in [1.29, 1.82) is 0 Å². The van der Waals surface area contributed by atoms with E-state index < -0.39 is 0 Å². The minimum Gasteiger partial charge on any atom is -0.314 e. The summed E-state index contributed by atoms with van der Waals surface area (Å²) >= 11 is 12.3. The van der Waals surface area contributed by atoms with Crippen LogP contribution in [0.15, 0.2) is 18.2 Å². The van der Waals surface area contributed by atoms with E-state index in [-0.39, 0.29) is 0 Å². The molecule has 0 aromatic heterocycles. The molecule has 1 aromatic rings. The largest absolute Gasteiger partial charge is 0.314 e. The third-order valence-electron chi connectivity index (χ3n) is 3.83. The second-order valence-corrected chi connectivity index (χ2v) is 5.99. The lowest BCUT2D eigenvalue weighted by molar-refractivity contribution is 0.260. The summed E-state index contributed by atoms with van der Waals surface area (Å²) in [6, 6.07) is 6.44. The molecule has 1 fully saturated rings. The monoisotopic (exact) mass is 285 g/mol. The Morgan fingerprint density at radius 2 is 2.11 bits per heavy atom. The van der Waals surface area contributed by atoms with Crippen molar-refractivity contribution in [1.82, 2.24) is 5.32 Å². The first-order chi connectivity index (χ1) is 8.70. The van der Waals surface area contributed by atoms with Crippen LogP contribution < -0.4 is 5.32 Å². The Hall–Kier alpha value is -0.240. The molecule has 0 heterocycles. The third kappa shape index (κ3) is 3.63. The SMILES string of the molecule is CCNC(Cc1cccc(Cl)c1Cl)CC1CCC1. The second kappa shape index (κ2) is 6.79. The van der Waals surface area contributed by atoms with Gasteiger partial charge in [-0.3, -0.25) is 0 Å². The Kier molecular flexibility index (Phi) is 5.35. The van der Waals surface area contributed by atoms with E-state index in [0.717, 1.165) is 29.5 Å². The summed E-state index contributed by atoms with van der Waals surface area (Å²) in [6.45, 7) is 3.17. The Bertz CT molecular complexity index is 388. The highest BCUT2D eigenvalue weighted by Crippen LogP contribution is 2.32. The van der Waals surface area contributed by atoms with E-state index in [1.807, 2.05) is 12.1 Å². The predicted octanol–water partition coefficient (Wildman–Crippen LogP) is 4.70. The summed E-state index contributed by atoms with van der Waals surface area (Å²) in [7, 11) is 0. The lowest BCUT2D eigenvalue weighted by Gasteiger charge is -2.30. The zero-order chi connectivity index (χ0) is 13.0. The topological polar surface area (TPSA) is 12.0 Å². The third-order valence-corrected chi connectivity index (χ3v) is 4.69. The van der Waals surface area contributed by atoms with Crippen LogP contribution >= 0.6 is 23.2 Å². The lowest BCUT2D eigenvalue weighted by atomic mass is 9.80. The van der Waals surface area contributed by atoms with Gasteiger partial charge in [0.2, 0.25) is 0 Å². The van der Waals surface area contributed by atoms with E-state index >= 15 is 0 Å². The molecule has 0 spiro atoms. The Balaban J connectivity index is 2.00. The molecule has 1 aliphatic carbocycles. The van der Waals surface area contributed by atoms with E-state index in [0.29, 0.717) is 11.1 Å². The number of nitrogens with one attached hydrogen (secondary N) is 1. The fourth-order valence-corrected chi connectivity index (χ4v) is 3.03. The van der Waals surface area contributed by atoms with Gasteiger partial charge in [-0.15, -0.1) is 0 Å². The molecule has 0 amide bonds. The molecule has 3 heteroatoms. The van der Waals surface area contributed by atoms with Gasteiger partial charge in [-0.25, -0.2) is 0 Å². The molecule has 0 bridgehead atoms. The first kappa shape index (κ1) is 14.2. The molecule has 1 aromatic carbocycles. The van der Waals surface area contributed by atoms with Gasteiger partial charge in [0, 0.05) is 6.04 Å². The number of halogens is 2. The molecule has 100 valence electrons. The number of hydrogen-bond acceptors (Lipinski definition) is 1. The van der Waals surface area contributed by atoms with Crippen LogP contribution in [0, 0.1) is 5.92 Å². The Labute approximate surface area is 120 Å². The predicted molar refractivity (Wildman–Crippen MR) is 79.6 cm³/mol. The quantitative estimate of drug-likeness (QED) is 0.799. The van der Waals surface area contributed by atoms with Crippen molar-refractivity contribution in [2.45, 2.75) is 45.1 Å². The lowest BCUT2D eigenvalue weighted by Crippen LogP contribution is -2.34. The van der Waals surface area contributed by atoms with Gasteiger partial charge in [-0.2, -0.15) is 0 Å². The summed E-state index contributed by atoms with van der Waals surface area (Å²) in [6.07, 6.45) is 6.43. The zero-order valence-corrected chi connectivity index (χ0v) is 12.4. The van der Waals surface area contributed by atoms with E-state index in [4.69, 9.17) is 23.2 Å². The van der Waals surface area contributed by atoms with Gasteiger partial charge in [-0.05, 0) is 36.9 Å². The minimum absolute atomic E-state index is 0.524. The molecular weight excluding hydrogens is 265 g/mol. The molecule has 1 N–H and O–H groups in total. The molecule has 1 nitrogen and oxygen atoms in total. The first-order valence-electron chi connectivity index (χ1n) is 6.87. The fraction of sp³-hybridized carbons (Fsp3) is 0.600. The zero-order valence-electron chi connectivity index (χ0n) is 10.9. The van der Waals surface area contributed by atoms with Gasteiger partial charge in [0.25, 0.3) is 0 Å². The highest BCUT2D eigenvalue weighted by atomic mass is 35.5. The van der Waals surface area contributed by atoms with Gasteiger partial charge < -0.3 is 5.32 Å². The number of likely N-dealkylation sites (N-methyl/N-ethyl adjacent to an activating group) is 1. The van der Waals surface area contributed by atoms with E-state index in [1.54, 1.807) is 0 Å². The summed E-state index contributed by atoms with van der Waals surface area (Å²) in [5, 5.41) is 4.95. The van der Waals surface area contributed by atoms with E-state index in [9.17, 15) is 0 Å². The average molecular weight is 286 g/mol. The molecule has 2 rings (SSSR count). The van der Waals surface area contributed by atoms with Crippen LogP contribution in [0.2, 0.25) is 10.0 Å². The second-order valence-electron chi connectivity index (χ2n) is 5.20. The molecular formula is C15H21Cl2N. The highest BCUT2D eigenvalue weighted by molar-refractivity contribution is 6.42. The number of benzene rings is 1. The summed E-state index contributed by atoms with van der Waals surface area (Å²) in [4.78, 5) is 0. The van der Waals surface area contributed by atoms with Gasteiger partial charge in [0.05, 0.1) is 10.0 Å². The Morgan fingerprint density at radius 3 is 2.72 bits per heavy atom. The Morgan fingerprint density at radius 1 is 1.33 bits per heavy atom. The van der Waals surface area contributed by atoms with E-state index in [1.165, 1.54) is 25.7 Å². The maximum absolute atomic E-state index is 6.26. The van der Waals surface area contributed by atoms with Crippen molar-refractivity contribution < 1.29 is 0 Å². The number of rotatable bonds is 6. The van der Waals surface area contributed by atoms with Crippen molar-refractivity contribution in [3.8, 4) is 0 Å². The molecule has 18 heavy (non-hydrogen) atoms. The highest BCUT2D eigenvalue weighted by Gasteiger charge is 2.22. The van der Waals surface area contributed by atoms with Crippen LogP contribution in [0.25, 0.3) is 0 Å². The van der Waals surface area contributed by atoms with Gasteiger partial charge in [0.15, 0.2) is 0 Å². The van der Waals surface area contributed by atoms with Crippen LogP contribution in [-0.2, 0) is 6.42 Å². The van der Waals surface area contributed by atoms with Crippen molar-refractivity contribution in [3.63, 3.8) is 0 Å². The standard InChI is InChI=1S/C15H21Cl2N/c1-2-18-13(9-11-5-3-6-11)10-12-7-4-8-14(16)15(12)17/h4,7-8,11,13,18H,2-3,5-6,9-10H2,1H3. The average Bonchev–Trinajstić information content (AvgIpc) is 2.30.